The largest absolute Gasteiger partial charge is 0.493 e. The highest BCUT2D eigenvalue weighted by Crippen LogP contribution is 2.37. The summed E-state index contributed by atoms with van der Waals surface area (Å²) in [4.78, 5) is 23.9. The maximum atomic E-state index is 13.4. The van der Waals surface area contributed by atoms with Crippen molar-refractivity contribution in [1.82, 2.24) is 5.32 Å². The molecular weight excluding hydrogens is 375 g/mol. The van der Waals surface area contributed by atoms with Crippen LogP contribution in [0.3, 0.4) is 0 Å². The van der Waals surface area contributed by atoms with E-state index in [4.69, 9.17) is 4.74 Å². The highest BCUT2D eigenvalue weighted by molar-refractivity contribution is 5.85. The van der Waals surface area contributed by atoms with Gasteiger partial charge in [-0.3, -0.25) is 4.79 Å². The molecule has 5 nitrogen and oxygen atoms in total. The van der Waals surface area contributed by atoms with Gasteiger partial charge < -0.3 is 15.2 Å². The van der Waals surface area contributed by atoms with Crippen LogP contribution in [0.2, 0.25) is 0 Å². The van der Waals surface area contributed by atoms with Crippen molar-refractivity contribution in [1.29, 1.82) is 0 Å². The third-order valence-corrected chi connectivity index (χ3v) is 4.59. The summed E-state index contributed by atoms with van der Waals surface area (Å²) in [6.45, 7) is 0.479. The molecule has 0 bridgehead atoms. The molecular formula is C20H18F3NO4. The summed E-state index contributed by atoms with van der Waals surface area (Å²) in [6.07, 6.45) is -4.93. The van der Waals surface area contributed by atoms with E-state index in [0.29, 0.717) is 18.8 Å². The van der Waals surface area contributed by atoms with Gasteiger partial charge in [0.1, 0.15) is 5.75 Å². The Morgan fingerprint density at radius 2 is 1.82 bits per heavy atom. The van der Waals surface area contributed by atoms with Crippen molar-refractivity contribution in [3.63, 3.8) is 0 Å². The van der Waals surface area contributed by atoms with Gasteiger partial charge >= 0.3 is 12.1 Å². The lowest BCUT2D eigenvalue weighted by molar-refractivity contribution is -0.158. The number of hydrogen-bond donors (Lipinski definition) is 2. The summed E-state index contributed by atoms with van der Waals surface area (Å²) in [5, 5.41) is 11.7. The Morgan fingerprint density at radius 1 is 1.11 bits per heavy atom. The number of rotatable bonds is 6. The molecule has 1 heterocycles. The molecule has 2 N–H and O–H groups in total. The Kier molecular flexibility index (Phi) is 5.58. The van der Waals surface area contributed by atoms with Gasteiger partial charge in [0.15, 0.2) is 6.04 Å². The van der Waals surface area contributed by atoms with E-state index >= 15 is 0 Å². The first-order chi connectivity index (χ1) is 13.3. The summed E-state index contributed by atoms with van der Waals surface area (Å²) in [5.41, 5.74) is 1.04. The molecule has 2 atom stereocenters. The number of hydrogen-bond acceptors (Lipinski definition) is 3. The lowest BCUT2D eigenvalue weighted by Gasteiger charge is -2.22. The second-order valence-electron chi connectivity index (χ2n) is 6.51. The van der Waals surface area contributed by atoms with Gasteiger partial charge in [0, 0.05) is 12.8 Å². The first-order valence-electron chi connectivity index (χ1n) is 8.65. The average molecular weight is 393 g/mol. The predicted molar refractivity (Wildman–Crippen MR) is 94.0 cm³/mol. The first-order valence-corrected chi connectivity index (χ1v) is 8.65. The van der Waals surface area contributed by atoms with Gasteiger partial charge in [0.05, 0.1) is 12.5 Å². The summed E-state index contributed by atoms with van der Waals surface area (Å²) < 4.78 is 45.6. The summed E-state index contributed by atoms with van der Waals surface area (Å²) in [5.74, 6) is -3.72. The molecule has 1 amide bonds. The number of alkyl halides is 3. The lowest BCUT2D eigenvalue weighted by atomic mass is 9.94. The zero-order valence-corrected chi connectivity index (χ0v) is 14.7. The zero-order chi connectivity index (χ0) is 20.3. The Balaban J connectivity index is 1.78. The topological polar surface area (TPSA) is 75.6 Å². The van der Waals surface area contributed by atoms with Crippen molar-refractivity contribution >= 4 is 11.9 Å². The van der Waals surface area contributed by atoms with E-state index in [9.17, 15) is 27.9 Å². The molecule has 28 heavy (non-hydrogen) atoms. The molecule has 0 aliphatic carbocycles. The molecule has 3 rings (SSSR count). The lowest BCUT2D eigenvalue weighted by Crippen LogP contribution is -2.36. The van der Waals surface area contributed by atoms with Crippen molar-refractivity contribution in [3.05, 3.63) is 65.2 Å². The molecule has 1 aliphatic heterocycles. The van der Waals surface area contributed by atoms with Crippen molar-refractivity contribution in [3.8, 4) is 5.75 Å². The first kappa shape index (κ1) is 19.7. The number of carbonyl (C=O) groups excluding carboxylic acids is 1. The van der Waals surface area contributed by atoms with E-state index in [-0.39, 0.29) is 11.1 Å². The molecule has 148 valence electrons. The fraction of sp³-hybridized carbons (Fsp3) is 0.300. The predicted octanol–water partition coefficient (Wildman–Crippen LogP) is 3.60. The number of ether oxygens (including phenoxy) is 1. The van der Waals surface area contributed by atoms with E-state index in [2.05, 4.69) is 5.32 Å². The van der Waals surface area contributed by atoms with Gasteiger partial charge in [-0.1, -0.05) is 36.4 Å². The molecule has 1 aliphatic rings. The Hall–Kier alpha value is -3.03. The second-order valence-corrected chi connectivity index (χ2v) is 6.51. The summed E-state index contributed by atoms with van der Waals surface area (Å²) in [6, 6.07) is 10.3. The maximum Gasteiger partial charge on any atom is 0.396 e. The van der Waals surface area contributed by atoms with Crippen LogP contribution in [0.25, 0.3) is 0 Å². The number of aliphatic carboxylic acids is 1. The van der Waals surface area contributed by atoms with Crippen LogP contribution in [0.4, 0.5) is 13.2 Å². The SMILES string of the molecule is O=C(CC(c1ccccc1)C(F)(F)F)NC(C(=O)O)c1ccc2c(c1)CCO2. The number of benzene rings is 2. The van der Waals surface area contributed by atoms with Crippen LogP contribution < -0.4 is 10.1 Å². The van der Waals surface area contributed by atoms with Gasteiger partial charge in [-0.05, 0) is 28.8 Å². The fourth-order valence-electron chi connectivity index (χ4n) is 3.19. The minimum atomic E-state index is -4.64. The number of carbonyl (C=O) groups is 2. The van der Waals surface area contributed by atoms with E-state index in [1.165, 1.54) is 30.3 Å². The molecule has 2 unspecified atom stereocenters. The van der Waals surface area contributed by atoms with Gasteiger partial charge in [-0.2, -0.15) is 13.2 Å². The zero-order valence-electron chi connectivity index (χ0n) is 14.7. The number of halogens is 3. The van der Waals surface area contributed by atoms with E-state index in [1.54, 1.807) is 18.2 Å². The van der Waals surface area contributed by atoms with Crippen molar-refractivity contribution in [2.45, 2.75) is 31.0 Å². The highest BCUT2D eigenvalue weighted by atomic mass is 19.4. The Bertz CT molecular complexity index is 867. The molecule has 8 heteroatoms. The van der Waals surface area contributed by atoms with Gasteiger partial charge in [-0.15, -0.1) is 0 Å². The quantitative estimate of drug-likeness (QED) is 0.786. The van der Waals surface area contributed by atoms with Crippen molar-refractivity contribution in [2.75, 3.05) is 6.61 Å². The van der Waals surface area contributed by atoms with E-state index in [1.807, 2.05) is 0 Å². The minimum absolute atomic E-state index is 0.0493. The minimum Gasteiger partial charge on any atom is -0.493 e. The van der Waals surface area contributed by atoms with Crippen LogP contribution in [-0.2, 0) is 16.0 Å². The fourth-order valence-corrected chi connectivity index (χ4v) is 3.19. The Labute approximate surface area is 159 Å². The second kappa shape index (κ2) is 7.92. The standard InChI is InChI=1S/C20H18F3NO4/c21-20(22,23)15(12-4-2-1-3-5-12)11-17(25)24-18(19(26)27)14-6-7-16-13(10-14)8-9-28-16/h1-7,10,15,18H,8-9,11H2,(H,24,25)(H,26,27). The summed E-state index contributed by atoms with van der Waals surface area (Å²) >= 11 is 0. The molecule has 0 saturated carbocycles. The van der Waals surface area contributed by atoms with Gasteiger partial charge in [0.2, 0.25) is 5.91 Å². The summed E-state index contributed by atoms with van der Waals surface area (Å²) in [7, 11) is 0. The number of amides is 1. The third-order valence-electron chi connectivity index (χ3n) is 4.59. The van der Waals surface area contributed by atoms with Crippen molar-refractivity contribution in [2.24, 2.45) is 0 Å². The van der Waals surface area contributed by atoms with Crippen LogP contribution in [0.5, 0.6) is 5.75 Å². The van der Waals surface area contributed by atoms with Gasteiger partial charge in [0.25, 0.3) is 0 Å². The number of carboxylic acids is 1. The van der Waals surface area contributed by atoms with Crippen LogP contribution in [0, 0.1) is 0 Å². The molecule has 0 spiro atoms. The van der Waals surface area contributed by atoms with E-state index < -0.39 is 36.4 Å². The molecule has 2 aromatic carbocycles. The number of carboxylic acid groups (broad SMARTS) is 1. The van der Waals surface area contributed by atoms with Crippen LogP contribution in [0.15, 0.2) is 48.5 Å². The average Bonchev–Trinajstić information content (AvgIpc) is 3.11. The van der Waals surface area contributed by atoms with Crippen LogP contribution >= 0.6 is 0 Å². The molecule has 0 saturated heterocycles. The molecule has 2 aromatic rings. The highest BCUT2D eigenvalue weighted by Gasteiger charge is 2.42. The van der Waals surface area contributed by atoms with Crippen molar-refractivity contribution < 1.29 is 32.6 Å². The monoisotopic (exact) mass is 393 g/mol. The van der Waals surface area contributed by atoms with Crippen LogP contribution in [0.1, 0.15) is 35.1 Å². The maximum absolute atomic E-state index is 13.4. The smallest absolute Gasteiger partial charge is 0.396 e. The normalized spacial score (nSPS) is 15.2. The van der Waals surface area contributed by atoms with E-state index in [0.717, 1.165) is 5.56 Å². The number of nitrogens with one attached hydrogen (secondary N) is 1. The molecule has 0 aromatic heterocycles. The molecule has 0 fully saturated rings. The van der Waals surface area contributed by atoms with Gasteiger partial charge in [-0.25, -0.2) is 4.79 Å². The molecule has 0 radical (unpaired) electrons. The Morgan fingerprint density at radius 3 is 2.46 bits per heavy atom. The third kappa shape index (κ3) is 4.44. The van der Waals surface area contributed by atoms with Crippen LogP contribution in [-0.4, -0.2) is 29.8 Å². The number of fused-ring (bicyclic) bond motifs is 1.